The second-order valence-corrected chi connectivity index (χ2v) is 7.13. The summed E-state index contributed by atoms with van der Waals surface area (Å²) < 4.78 is 6.65. The molecule has 8 nitrogen and oxygen atoms in total. The van der Waals surface area contributed by atoms with Crippen molar-refractivity contribution in [3.8, 4) is 0 Å². The molecule has 1 unspecified atom stereocenters. The summed E-state index contributed by atoms with van der Waals surface area (Å²) in [7, 11) is 3.07. The molecule has 0 N–H and O–H groups in total. The molecule has 0 aromatic carbocycles. The zero-order valence-corrected chi connectivity index (χ0v) is 15.3. The van der Waals surface area contributed by atoms with E-state index in [0.29, 0.717) is 32.1 Å². The van der Waals surface area contributed by atoms with Crippen molar-refractivity contribution in [3.05, 3.63) is 10.5 Å². The summed E-state index contributed by atoms with van der Waals surface area (Å²) in [5.74, 6) is -0.242. The molecule has 3 aliphatic heterocycles. The van der Waals surface area contributed by atoms with Gasteiger partial charge in [0, 0.05) is 18.0 Å². The molecule has 0 saturated carbocycles. The van der Waals surface area contributed by atoms with Crippen molar-refractivity contribution < 1.29 is 23.7 Å². The zero-order chi connectivity index (χ0) is 18.1. The summed E-state index contributed by atoms with van der Waals surface area (Å²) in [5.41, 5.74) is 0.845. The second-order valence-electron chi connectivity index (χ2n) is 6.12. The Morgan fingerprint density at radius 3 is 2.76 bits per heavy atom. The van der Waals surface area contributed by atoms with E-state index in [1.165, 1.54) is 23.4 Å². The number of hydrogen-bond donors (Lipinski definition) is 0. The first-order valence-corrected chi connectivity index (χ1v) is 9.05. The quantitative estimate of drug-likeness (QED) is 0.667. The van der Waals surface area contributed by atoms with E-state index in [0.717, 1.165) is 15.4 Å². The highest BCUT2D eigenvalue weighted by Crippen LogP contribution is 2.34. The molecule has 4 amide bonds. The number of amides is 4. The largest absolute Gasteiger partial charge is 0.445 e. The van der Waals surface area contributed by atoms with Gasteiger partial charge in [0.05, 0.1) is 33.1 Å². The molecule has 0 spiro atoms. The van der Waals surface area contributed by atoms with Gasteiger partial charge in [0.2, 0.25) is 5.91 Å². The maximum Gasteiger partial charge on any atom is 0.445 e. The molecule has 0 aromatic rings. The van der Waals surface area contributed by atoms with Crippen LogP contribution in [0.2, 0.25) is 0 Å². The third kappa shape index (κ3) is 3.25. The molecule has 25 heavy (non-hydrogen) atoms. The van der Waals surface area contributed by atoms with Gasteiger partial charge in [-0.2, -0.15) is 9.48 Å². The van der Waals surface area contributed by atoms with Gasteiger partial charge in [-0.1, -0.05) is 0 Å². The van der Waals surface area contributed by atoms with Gasteiger partial charge in [0.15, 0.2) is 5.92 Å². The van der Waals surface area contributed by atoms with Crippen LogP contribution in [-0.4, -0.2) is 90.4 Å². The van der Waals surface area contributed by atoms with Crippen molar-refractivity contribution in [3.63, 3.8) is 0 Å². The lowest BCUT2D eigenvalue weighted by atomic mass is 9.99. The number of hydrogen-bond acceptors (Lipinski definition) is 6. The monoisotopic (exact) mass is 365 g/mol. The number of morpholine rings is 1. The number of fused-ring (bicyclic) bond motifs is 1. The summed E-state index contributed by atoms with van der Waals surface area (Å²) in [6, 6.07) is -0.401. The Balaban J connectivity index is 1.80. The summed E-state index contributed by atoms with van der Waals surface area (Å²) in [5, 5.41) is 0. The Morgan fingerprint density at radius 2 is 2.08 bits per heavy atom. The van der Waals surface area contributed by atoms with Gasteiger partial charge in [-0.15, -0.1) is 16.8 Å². The Bertz CT molecular complexity index is 722. The number of allylic oxidation sites excluding steroid dienone is 1. The molecule has 0 bridgehead atoms. The summed E-state index contributed by atoms with van der Waals surface area (Å²) in [4.78, 5) is 45.1. The van der Waals surface area contributed by atoms with Gasteiger partial charge in [-0.3, -0.25) is 9.59 Å². The first kappa shape index (κ1) is 17.8. The van der Waals surface area contributed by atoms with Crippen molar-refractivity contribution in [2.45, 2.75) is 6.92 Å². The molecule has 0 aromatic heterocycles. The SMILES string of the molecule is CC1=C(SCC(=O)N2CCOCC2)C2C(=O)N(C)C(=O)[N+](C)=C2N=C1. The van der Waals surface area contributed by atoms with Crippen LogP contribution in [0.15, 0.2) is 15.5 Å². The van der Waals surface area contributed by atoms with Gasteiger partial charge in [-0.05, 0) is 12.5 Å². The molecule has 3 aliphatic rings. The van der Waals surface area contributed by atoms with E-state index in [4.69, 9.17) is 4.74 Å². The van der Waals surface area contributed by atoms with Gasteiger partial charge in [0.25, 0.3) is 5.84 Å². The number of nitrogens with zero attached hydrogens (tertiary/aromatic N) is 4. The number of carbonyl (C=O) groups is 3. The first-order valence-electron chi connectivity index (χ1n) is 8.07. The third-order valence-electron chi connectivity index (χ3n) is 4.51. The molecule has 9 heteroatoms. The minimum absolute atomic E-state index is 0.0266. The van der Waals surface area contributed by atoms with Crippen molar-refractivity contribution in [1.29, 1.82) is 0 Å². The van der Waals surface area contributed by atoms with Crippen molar-refractivity contribution in [2.75, 3.05) is 46.2 Å². The topological polar surface area (TPSA) is 82.3 Å². The van der Waals surface area contributed by atoms with Gasteiger partial charge < -0.3 is 9.64 Å². The van der Waals surface area contributed by atoms with Crippen LogP contribution in [0.5, 0.6) is 0 Å². The van der Waals surface area contributed by atoms with Crippen LogP contribution in [-0.2, 0) is 14.3 Å². The summed E-state index contributed by atoms with van der Waals surface area (Å²) >= 11 is 1.35. The number of imide groups is 1. The van der Waals surface area contributed by atoms with E-state index in [-0.39, 0.29) is 17.6 Å². The highest BCUT2D eigenvalue weighted by molar-refractivity contribution is 8.03. The Hall–Kier alpha value is -2.00. The van der Waals surface area contributed by atoms with Crippen molar-refractivity contribution in [1.82, 2.24) is 9.80 Å². The molecule has 1 atom stereocenters. The molecular weight excluding hydrogens is 344 g/mol. The zero-order valence-electron chi connectivity index (χ0n) is 14.5. The smallest absolute Gasteiger partial charge is 0.378 e. The van der Waals surface area contributed by atoms with Crippen LogP contribution in [0.25, 0.3) is 0 Å². The summed E-state index contributed by atoms with van der Waals surface area (Å²) in [6.07, 6.45) is 1.65. The number of urea groups is 1. The van der Waals surface area contributed by atoms with Crippen LogP contribution in [0.3, 0.4) is 0 Å². The van der Waals surface area contributed by atoms with Gasteiger partial charge in [-0.25, -0.2) is 4.79 Å². The number of ether oxygens (including phenoxy) is 1. The van der Waals surface area contributed by atoms with E-state index in [1.54, 1.807) is 18.2 Å². The average molecular weight is 365 g/mol. The van der Waals surface area contributed by atoms with Crippen molar-refractivity contribution >= 4 is 41.7 Å². The standard InChI is InChI=1S/C16H21N4O4S/c1-10-8-17-14-12(15(22)19(3)16(23)18(14)2)13(10)25-9-11(21)20-4-6-24-7-5-20/h8,12H,4-7,9H2,1-3H3/q+1. The predicted octanol–water partition coefficient (Wildman–Crippen LogP) is 0.186. The minimum atomic E-state index is -0.625. The van der Waals surface area contributed by atoms with Gasteiger partial charge >= 0.3 is 11.9 Å². The number of aliphatic imine (C=N–C) groups is 1. The third-order valence-corrected chi connectivity index (χ3v) is 5.77. The fourth-order valence-electron chi connectivity index (χ4n) is 3.00. The van der Waals surface area contributed by atoms with Crippen molar-refractivity contribution in [2.24, 2.45) is 10.9 Å². The minimum Gasteiger partial charge on any atom is -0.378 e. The number of amidine groups is 1. The number of dihydropyridines is 1. The Kier molecular flexibility index (Phi) is 5.05. The molecule has 0 aliphatic carbocycles. The lowest BCUT2D eigenvalue weighted by molar-refractivity contribution is -0.407. The van der Waals surface area contributed by atoms with E-state index < -0.39 is 11.9 Å². The predicted molar refractivity (Wildman–Crippen MR) is 93.9 cm³/mol. The van der Waals surface area contributed by atoms with Crippen LogP contribution >= 0.6 is 11.8 Å². The Labute approximate surface area is 150 Å². The molecule has 1 fully saturated rings. The lowest BCUT2D eigenvalue weighted by Crippen LogP contribution is -2.52. The van der Waals surface area contributed by atoms with Crippen LogP contribution in [0.4, 0.5) is 4.79 Å². The normalized spacial score (nSPS) is 24.2. The number of rotatable bonds is 3. The van der Waals surface area contributed by atoms with E-state index in [1.807, 2.05) is 6.92 Å². The van der Waals surface area contributed by atoms with Crippen LogP contribution in [0.1, 0.15) is 6.92 Å². The molecule has 0 radical (unpaired) electrons. The Morgan fingerprint density at radius 1 is 1.40 bits per heavy atom. The fourth-order valence-corrected chi connectivity index (χ4v) is 4.12. The first-order chi connectivity index (χ1) is 11.9. The average Bonchev–Trinajstić information content (AvgIpc) is 2.63. The summed E-state index contributed by atoms with van der Waals surface area (Å²) in [6.45, 7) is 4.17. The number of thioether (sulfide) groups is 1. The molecule has 134 valence electrons. The maximum atomic E-state index is 12.6. The molecule has 3 heterocycles. The molecule has 1 saturated heterocycles. The lowest BCUT2D eigenvalue weighted by Gasteiger charge is -2.29. The van der Waals surface area contributed by atoms with E-state index in [9.17, 15) is 14.4 Å². The highest BCUT2D eigenvalue weighted by Gasteiger charge is 2.48. The number of carbonyl (C=O) groups excluding carboxylic acids is 3. The van der Waals surface area contributed by atoms with Gasteiger partial charge in [0.1, 0.15) is 6.21 Å². The molecule has 3 rings (SSSR count). The van der Waals surface area contributed by atoms with Crippen LogP contribution in [0, 0.1) is 5.92 Å². The molecular formula is C16H21N4O4S+. The van der Waals surface area contributed by atoms with E-state index in [2.05, 4.69) is 4.99 Å². The van der Waals surface area contributed by atoms with Crippen LogP contribution < -0.4 is 0 Å². The maximum absolute atomic E-state index is 12.6. The second kappa shape index (κ2) is 7.09. The fraction of sp³-hybridized carbons (Fsp3) is 0.562. The van der Waals surface area contributed by atoms with E-state index >= 15 is 0 Å². The highest BCUT2D eigenvalue weighted by atomic mass is 32.2.